The van der Waals surface area contributed by atoms with Crippen molar-refractivity contribution in [3.8, 4) is 11.1 Å². The van der Waals surface area contributed by atoms with E-state index in [1.54, 1.807) is 0 Å². The standard InChI is InChI=1S/C29H40O2/c1-4-5-14-21-31-22-29(28(30)20-9-7-6-8-15-23(2)3)26-18-12-10-16-24(26)25-17-11-13-19-27(25)29/h10-13,16-19,23H,4-9,14-15,20-22H2,1-3H3. The molecule has 3 rings (SSSR count). The Morgan fingerprint density at radius 1 is 0.839 bits per heavy atom. The van der Waals surface area contributed by atoms with Gasteiger partial charge in [-0.05, 0) is 41.0 Å². The highest BCUT2D eigenvalue weighted by Crippen LogP contribution is 2.50. The third-order valence-corrected chi connectivity index (χ3v) is 6.69. The van der Waals surface area contributed by atoms with Gasteiger partial charge in [-0.25, -0.2) is 0 Å². The second kappa shape index (κ2) is 11.6. The molecule has 0 unspecified atom stereocenters. The molecule has 31 heavy (non-hydrogen) atoms. The highest BCUT2D eigenvalue weighted by atomic mass is 16.5. The van der Waals surface area contributed by atoms with E-state index in [0.717, 1.165) is 42.9 Å². The topological polar surface area (TPSA) is 26.3 Å². The van der Waals surface area contributed by atoms with Crippen molar-refractivity contribution in [1.29, 1.82) is 0 Å². The maximum atomic E-state index is 13.9. The smallest absolute Gasteiger partial charge is 0.150 e. The van der Waals surface area contributed by atoms with Crippen LogP contribution in [0.5, 0.6) is 0 Å². The van der Waals surface area contributed by atoms with E-state index in [2.05, 4.69) is 69.3 Å². The van der Waals surface area contributed by atoms with E-state index in [0.29, 0.717) is 18.8 Å². The van der Waals surface area contributed by atoms with Crippen molar-refractivity contribution in [2.24, 2.45) is 5.92 Å². The zero-order valence-electron chi connectivity index (χ0n) is 19.8. The van der Waals surface area contributed by atoms with E-state index >= 15 is 0 Å². The maximum Gasteiger partial charge on any atom is 0.150 e. The lowest BCUT2D eigenvalue weighted by atomic mass is 9.73. The van der Waals surface area contributed by atoms with Gasteiger partial charge in [-0.2, -0.15) is 0 Å². The zero-order chi connectivity index (χ0) is 22.1. The molecule has 0 aromatic heterocycles. The molecule has 1 aliphatic rings. The van der Waals surface area contributed by atoms with Gasteiger partial charge in [-0.1, -0.05) is 108 Å². The Kier molecular flexibility index (Phi) is 8.90. The van der Waals surface area contributed by atoms with Crippen LogP contribution in [-0.4, -0.2) is 19.0 Å². The number of hydrogen-bond acceptors (Lipinski definition) is 2. The third kappa shape index (κ3) is 5.47. The molecule has 0 atom stereocenters. The van der Waals surface area contributed by atoms with Gasteiger partial charge in [-0.3, -0.25) is 4.79 Å². The van der Waals surface area contributed by atoms with E-state index in [1.165, 1.54) is 43.2 Å². The first kappa shape index (κ1) is 23.7. The van der Waals surface area contributed by atoms with Gasteiger partial charge in [0.2, 0.25) is 0 Å². The van der Waals surface area contributed by atoms with E-state index in [1.807, 2.05) is 0 Å². The molecule has 0 aliphatic heterocycles. The first-order valence-corrected chi connectivity index (χ1v) is 12.4. The fourth-order valence-electron chi connectivity index (χ4n) is 4.95. The summed E-state index contributed by atoms with van der Waals surface area (Å²) in [5.74, 6) is 1.09. The highest BCUT2D eigenvalue weighted by molar-refractivity contribution is 6.01. The van der Waals surface area contributed by atoms with Crippen molar-refractivity contribution in [3.63, 3.8) is 0 Å². The number of carbonyl (C=O) groups excluding carboxylic acids is 1. The molecule has 0 heterocycles. The fraction of sp³-hybridized carbons (Fsp3) is 0.552. The molecule has 0 saturated heterocycles. The van der Waals surface area contributed by atoms with Crippen molar-refractivity contribution >= 4 is 5.78 Å². The van der Waals surface area contributed by atoms with Gasteiger partial charge in [-0.15, -0.1) is 0 Å². The Balaban J connectivity index is 1.79. The summed E-state index contributed by atoms with van der Waals surface area (Å²) < 4.78 is 6.21. The second-order valence-corrected chi connectivity index (χ2v) is 9.53. The molecule has 2 aromatic carbocycles. The van der Waals surface area contributed by atoms with Gasteiger partial charge in [0.1, 0.15) is 11.2 Å². The van der Waals surface area contributed by atoms with Crippen LogP contribution in [-0.2, 0) is 14.9 Å². The van der Waals surface area contributed by atoms with E-state index in [-0.39, 0.29) is 0 Å². The number of Topliss-reactive ketones (excluding diaryl/α,β-unsaturated/α-hetero) is 1. The summed E-state index contributed by atoms with van der Waals surface area (Å²) in [5.41, 5.74) is 4.01. The number of benzene rings is 2. The van der Waals surface area contributed by atoms with Crippen LogP contribution in [0.25, 0.3) is 11.1 Å². The first-order valence-electron chi connectivity index (χ1n) is 12.4. The van der Waals surface area contributed by atoms with Crippen LogP contribution in [0.4, 0.5) is 0 Å². The molecule has 2 nitrogen and oxygen atoms in total. The summed E-state index contributed by atoms with van der Waals surface area (Å²) in [7, 11) is 0. The van der Waals surface area contributed by atoms with Crippen LogP contribution < -0.4 is 0 Å². The molecule has 1 aliphatic carbocycles. The number of hydrogen-bond donors (Lipinski definition) is 0. The number of unbranched alkanes of at least 4 members (excludes halogenated alkanes) is 5. The van der Waals surface area contributed by atoms with Crippen LogP contribution in [0.3, 0.4) is 0 Å². The normalized spacial score (nSPS) is 13.9. The molecular weight excluding hydrogens is 380 g/mol. The maximum absolute atomic E-state index is 13.9. The van der Waals surface area contributed by atoms with Gasteiger partial charge in [0, 0.05) is 13.0 Å². The Bertz CT molecular complexity index is 791. The number of ketones is 1. The van der Waals surface area contributed by atoms with Gasteiger partial charge in [0.15, 0.2) is 0 Å². The average Bonchev–Trinajstić information content (AvgIpc) is 3.07. The Morgan fingerprint density at radius 2 is 1.45 bits per heavy atom. The molecule has 0 saturated carbocycles. The average molecular weight is 421 g/mol. The second-order valence-electron chi connectivity index (χ2n) is 9.53. The molecule has 0 radical (unpaired) electrons. The van der Waals surface area contributed by atoms with Crippen molar-refractivity contribution < 1.29 is 9.53 Å². The van der Waals surface area contributed by atoms with Crippen LogP contribution in [0.2, 0.25) is 0 Å². The van der Waals surface area contributed by atoms with E-state index in [4.69, 9.17) is 4.74 Å². The fourth-order valence-corrected chi connectivity index (χ4v) is 4.95. The monoisotopic (exact) mass is 420 g/mol. The molecule has 0 fully saturated rings. The molecular formula is C29H40O2. The quantitative estimate of drug-likeness (QED) is 0.292. The number of fused-ring (bicyclic) bond motifs is 3. The Labute approximate surface area is 189 Å². The molecule has 0 bridgehead atoms. The van der Waals surface area contributed by atoms with Crippen molar-refractivity contribution in [3.05, 3.63) is 59.7 Å². The Morgan fingerprint density at radius 3 is 2.06 bits per heavy atom. The van der Waals surface area contributed by atoms with E-state index < -0.39 is 5.41 Å². The molecule has 168 valence electrons. The molecule has 2 aromatic rings. The lowest BCUT2D eigenvalue weighted by Crippen LogP contribution is -2.40. The van der Waals surface area contributed by atoms with Crippen LogP contribution in [0.1, 0.15) is 89.7 Å². The van der Waals surface area contributed by atoms with Crippen LogP contribution >= 0.6 is 0 Å². The minimum absolute atomic E-state index is 0.323. The third-order valence-electron chi connectivity index (χ3n) is 6.69. The molecule has 0 spiro atoms. The van der Waals surface area contributed by atoms with Gasteiger partial charge in [0.05, 0.1) is 6.61 Å². The summed E-state index contributed by atoms with van der Waals surface area (Å²) in [5, 5.41) is 0. The first-order chi connectivity index (χ1) is 15.1. The van der Waals surface area contributed by atoms with Gasteiger partial charge >= 0.3 is 0 Å². The number of carbonyl (C=O) groups is 1. The molecule has 0 N–H and O–H groups in total. The SMILES string of the molecule is CCCCCOCC1(C(=O)CCCCCCC(C)C)c2ccccc2-c2ccccc21. The van der Waals surface area contributed by atoms with Crippen molar-refractivity contribution in [2.45, 2.75) is 84.0 Å². The van der Waals surface area contributed by atoms with Gasteiger partial charge < -0.3 is 4.74 Å². The molecule has 0 amide bonds. The summed E-state index contributed by atoms with van der Waals surface area (Å²) >= 11 is 0. The van der Waals surface area contributed by atoms with Crippen molar-refractivity contribution in [2.75, 3.05) is 13.2 Å². The zero-order valence-corrected chi connectivity index (χ0v) is 19.8. The van der Waals surface area contributed by atoms with Crippen LogP contribution in [0, 0.1) is 5.92 Å². The number of ether oxygens (including phenoxy) is 1. The minimum atomic E-state index is -0.655. The van der Waals surface area contributed by atoms with Gasteiger partial charge in [0.25, 0.3) is 0 Å². The lowest BCUT2D eigenvalue weighted by molar-refractivity contribution is -0.125. The predicted octanol–water partition coefficient (Wildman–Crippen LogP) is 7.73. The molecule has 2 heteroatoms. The summed E-state index contributed by atoms with van der Waals surface area (Å²) in [6.07, 6.45) is 9.91. The predicted molar refractivity (Wildman–Crippen MR) is 131 cm³/mol. The highest BCUT2D eigenvalue weighted by Gasteiger charge is 2.48. The van der Waals surface area contributed by atoms with Crippen molar-refractivity contribution in [1.82, 2.24) is 0 Å². The summed E-state index contributed by atoms with van der Waals surface area (Å²) in [4.78, 5) is 13.9. The van der Waals surface area contributed by atoms with E-state index in [9.17, 15) is 4.79 Å². The number of rotatable bonds is 14. The lowest BCUT2D eigenvalue weighted by Gasteiger charge is -2.30. The summed E-state index contributed by atoms with van der Waals surface area (Å²) in [6.45, 7) is 7.94. The summed E-state index contributed by atoms with van der Waals surface area (Å²) in [6, 6.07) is 16.9. The largest absolute Gasteiger partial charge is 0.380 e. The minimum Gasteiger partial charge on any atom is -0.380 e. The Hall–Kier alpha value is -1.93. The van der Waals surface area contributed by atoms with Crippen LogP contribution in [0.15, 0.2) is 48.5 Å².